The summed E-state index contributed by atoms with van der Waals surface area (Å²) in [6.45, 7) is 0. The van der Waals surface area contributed by atoms with E-state index in [1.165, 1.54) is 12.1 Å². The van der Waals surface area contributed by atoms with Gasteiger partial charge < -0.3 is 15.1 Å². The van der Waals surface area contributed by atoms with Crippen LogP contribution in [0.1, 0.15) is 0 Å². The van der Waals surface area contributed by atoms with E-state index >= 15 is 0 Å². The third-order valence-electron chi connectivity index (χ3n) is 0.824. The topological polar surface area (TPSA) is 60.7 Å². The lowest BCUT2D eigenvalue weighted by molar-refractivity contribution is 0.278. The number of hydrogen-bond donors (Lipinski definition) is 3. The maximum absolute atomic E-state index is 12.2. The molecule has 1 aromatic rings. The van der Waals surface area contributed by atoms with E-state index in [1.807, 2.05) is 0 Å². The minimum absolute atomic E-state index is 0.174. The van der Waals surface area contributed by atoms with E-state index in [0.29, 0.717) is 0 Å². The molecule has 0 aliphatic carbocycles. The summed E-state index contributed by atoms with van der Waals surface area (Å²) in [6.07, 6.45) is 0. The summed E-state index contributed by atoms with van der Waals surface area (Å²) in [5.41, 5.74) is 0. The maximum atomic E-state index is 12.2. The summed E-state index contributed by atoms with van der Waals surface area (Å²) < 4.78 is 12.2. The first-order valence-electron chi connectivity index (χ1n) is 2.98. The van der Waals surface area contributed by atoms with Crippen LogP contribution in [-0.4, -0.2) is 22.4 Å². The van der Waals surface area contributed by atoms with Crippen LogP contribution < -0.4 is 0 Å². The van der Waals surface area contributed by atoms with Gasteiger partial charge in [0, 0.05) is 0 Å². The van der Waals surface area contributed by atoms with Crippen LogP contribution in [0.4, 0.5) is 4.39 Å². The van der Waals surface area contributed by atoms with Crippen LogP contribution in [0.15, 0.2) is 24.3 Å². The Morgan fingerprint density at radius 3 is 1.83 bits per heavy atom. The van der Waals surface area contributed by atoms with Crippen LogP contribution in [0.2, 0.25) is 5.02 Å². The van der Waals surface area contributed by atoms with E-state index in [0.717, 1.165) is 0 Å². The lowest BCUT2D eigenvalue weighted by atomic mass is 10.3. The molecular weight excluding hydrogens is 185 g/mol. The summed E-state index contributed by atoms with van der Waals surface area (Å²) in [7, 11) is -2.17. The molecule has 1 aromatic carbocycles. The van der Waals surface area contributed by atoms with Gasteiger partial charge in [0.1, 0.15) is 5.82 Å². The molecule has 0 aromatic heterocycles. The van der Waals surface area contributed by atoms with Crippen molar-refractivity contribution in [1.82, 2.24) is 0 Å². The van der Waals surface area contributed by atoms with Gasteiger partial charge in [-0.25, -0.2) is 4.39 Å². The van der Waals surface area contributed by atoms with Crippen molar-refractivity contribution in [3.8, 4) is 0 Å². The van der Waals surface area contributed by atoms with Crippen molar-refractivity contribution in [2.75, 3.05) is 0 Å². The molecule has 0 amide bonds. The van der Waals surface area contributed by atoms with Crippen molar-refractivity contribution >= 4 is 18.9 Å². The molecule has 0 spiro atoms. The van der Waals surface area contributed by atoms with Crippen molar-refractivity contribution in [2.24, 2.45) is 0 Å². The van der Waals surface area contributed by atoms with E-state index in [1.54, 1.807) is 12.1 Å². The number of hydrogen-bond acceptors (Lipinski definition) is 3. The van der Waals surface area contributed by atoms with Crippen LogP contribution in [0.3, 0.4) is 0 Å². The summed E-state index contributed by atoms with van der Waals surface area (Å²) in [5.74, 6) is -0.367. The second-order valence-electron chi connectivity index (χ2n) is 1.76. The number of benzene rings is 1. The molecule has 6 heteroatoms. The minimum Gasteiger partial charge on any atom is -0.402 e. The van der Waals surface area contributed by atoms with Gasteiger partial charge in [0.25, 0.3) is 0 Å². The van der Waals surface area contributed by atoms with E-state index in [-0.39, 0.29) is 10.8 Å². The minimum atomic E-state index is -2.17. The van der Waals surface area contributed by atoms with Crippen molar-refractivity contribution in [3.05, 3.63) is 35.1 Å². The smallest absolute Gasteiger partial charge is 0.402 e. The third kappa shape index (κ3) is 6.12. The van der Waals surface area contributed by atoms with Crippen molar-refractivity contribution < 1.29 is 19.5 Å². The van der Waals surface area contributed by atoms with E-state index < -0.39 is 7.32 Å². The predicted octanol–water partition coefficient (Wildman–Crippen LogP) is 0.427. The summed E-state index contributed by atoms with van der Waals surface area (Å²) >= 11 is 5.33. The Hall–Kier alpha value is -0.615. The molecule has 0 radical (unpaired) electrons. The Kier molecular flexibility index (Phi) is 5.66. The lowest BCUT2D eigenvalue weighted by Gasteiger charge is -1.86. The van der Waals surface area contributed by atoms with Crippen LogP contribution >= 0.6 is 11.6 Å². The van der Waals surface area contributed by atoms with E-state index in [2.05, 4.69) is 0 Å². The first kappa shape index (κ1) is 11.4. The predicted molar refractivity (Wildman–Crippen MR) is 43.8 cm³/mol. The molecular formula is C6H7BClFO3. The van der Waals surface area contributed by atoms with Crippen LogP contribution in [0.5, 0.6) is 0 Å². The molecule has 0 atom stereocenters. The van der Waals surface area contributed by atoms with Gasteiger partial charge in [0.15, 0.2) is 0 Å². The molecule has 3 nitrogen and oxygen atoms in total. The van der Waals surface area contributed by atoms with Gasteiger partial charge >= 0.3 is 7.32 Å². The van der Waals surface area contributed by atoms with Crippen molar-refractivity contribution in [1.29, 1.82) is 0 Å². The molecule has 0 heterocycles. The normalized spacial score (nSPS) is 8.42. The summed E-state index contributed by atoms with van der Waals surface area (Å²) in [5, 5.41) is 21.7. The zero-order valence-electron chi connectivity index (χ0n) is 5.98. The second-order valence-corrected chi connectivity index (χ2v) is 2.17. The van der Waals surface area contributed by atoms with Gasteiger partial charge in [-0.1, -0.05) is 23.7 Å². The molecule has 3 N–H and O–H groups in total. The molecule has 66 valence electrons. The largest absolute Gasteiger partial charge is 0.631 e. The highest BCUT2D eigenvalue weighted by Gasteiger charge is 1.92. The molecule has 0 aliphatic rings. The van der Waals surface area contributed by atoms with Gasteiger partial charge in [0.05, 0.1) is 5.02 Å². The molecule has 0 saturated carbocycles. The van der Waals surface area contributed by atoms with E-state index in [9.17, 15) is 4.39 Å². The third-order valence-corrected chi connectivity index (χ3v) is 1.13. The molecule has 0 aliphatic heterocycles. The van der Waals surface area contributed by atoms with Gasteiger partial charge in [0.2, 0.25) is 0 Å². The lowest BCUT2D eigenvalue weighted by Crippen LogP contribution is -2.07. The monoisotopic (exact) mass is 192 g/mol. The highest BCUT2D eigenvalue weighted by atomic mass is 35.5. The summed E-state index contributed by atoms with van der Waals surface area (Å²) in [4.78, 5) is 0. The fourth-order valence-electron chi connectivity index (χ4n) is 0.439. The Morgan fingerprint density at radius 1 is 1.17 bits per heavy atom. The second kappa shape index (κ2) is 5.96. The zero-order valence-corrected chi connectivity index (χ0v) is 6.74. The molecule has 0 fully saturated rings. The van der Waals surface area contributed by atoms with Crippen molar-refractivity contribution in [2.45, 2.75) is 0 Å². The zero-order chi connectivity index (χ0) is 9.56. The maximum Gasteiger partial charge on any atom is 0.631 e. The first-order chi connectivity index (χ1) is 5.54. The molecule has 12 heavy (non-hydrogen) atoms. The fourth-order valence-corrected chi connectivity index (χ4v) is 0.575. The average Bonchev–Trinajstić information content (AvgIpc) is 1.94. The Balaban J connectivity index is 0.000000261. The average molecular weight is 192 g/mol. The number of rotatable bonds is 0. The SMILES string of the molecule is Fc1ccccc1Cl.OB(O)O. The fraction of sp³-hybridized carbons (Fsp3) is 0. The van der Waals surface area contributed by atoms with Gasteiger partial charge in [-0.3, -0.25) is 0 Å². The highest BCUT2D eigenvalue weighted by Crippen LogP contribution is 2.11. The number of halogens is 2. The molecule has 0 unspecified atom stereocenters. The molecule has 0 saturated heterocycles. The van der Waals surface area contributed by atoms with Gasteiger partial charge in [-0.2, -0.15) is 0 Å². The van der Waals surface area contributed by atoms with E-state index in [4.69, 9.17) is 26.7 Å². The van der Waals surface area contributed by atoms with Crippen LogP contribution in [0, 0.1) is 5.82 Å². The Labute approximate surface area is 74.2 Å². The Morgan fingerprint density at radius 2 is 1.58 bits per heavy atom. The van der Waals surface area contributed by atoms with Gasteiger partial charge in [-0.05, 0) is 12.1 Å². The molecule has 1 rings (SSSR count). The standard InChI is InChI=1S/C6H4ClF.BH3O3/c7-5-3-1-2-4-6(5)8;2-1(3)4/h1-4H;2-4H. The Bertz CT molecular complexity index is 210. The molecule has 0 bridgehead atoms. The van der Waals surface area contributed by atoms with Crippen molar-refractivity contribution in [3.63, 3.8) is 0 Å². The highest BCUT2D eigenvalue weighted by molar-refractivity contribution is 6.30. The quantitative estimate of drug-likeness (QED) is 0.522. The van der Waals surface area contributed by atoms with Gasteiger partial charge in [-0.15, -0.1) is 0 Å². The first-order valence-corrected chi connectivity index (χ1v) is 3.36. The summed E-state index contributed by atoms with van der Waals surface area (Å²) in [6, 6.07) is 6.12. The van der Waals surface area contributed by atoms with Crippen LogP contribution in [-0.2, 0) is 0 Å². The van der Waals surface area contributed by atoms with Crippen LogP contribution in [0.25, 0.3) is 0 Å².